The predicted octanol–water partition coefficient (Wildman–Crippen LogP) is 3.48. The van der Waals surface area contributed by atoms with E-state index in [1.807, 2.05) is 10.8 Å². The minimum Gasteiger partial charge on any atom is -0.444 e. The molecule has 0 aromatic heterocycles. The molecule has 2 amide bonds. The van der Waals surface area contributed by atoms with Crippen LogP contribution in [0.3, 0.4) is 0 Å². The first-order chi connectivity index (χ1) is 17.9. The van der Waals surface area contributed by atoms with Gasteiger partial charge in [-0.05, 0) is 58.1 Å². The Bertz CT molecular complexity index is 1210. The standard InChI is InChI=1S/C27H31F3N4O4/c1-26(2,3)38-25(37)32-18(8-17-9-21(29)22(30)11-20(17)28)10-19(14-35)34-7-4-16-12-33(13-23(16)34)24(36)27(15-31)5-6-27/h9,11,16,18,23H,4-8,10,12-13H2,1-3H3,(H,32,37)/t16-,18+,23+/m0/s1. The topological polar surface area (TPSA) is 103 Å². The molecule has 0 unspecified atom stereocenters. The molecule has 2 aliphatic heterocycles. The summed E-state index contributed by atoms with van der Waals surface area (Å²) in [6, 6.07) is 2.24. The van der Waals surface area contributed by atoms with Crippen molar-refractivity contribution in [1.82, 2.24) is 15.1 Å². The maximum atomic E-state index is 14.4. The van der Waals surface area contributed by atoms with Gasteiger partial charge in [-0.2, -0.15) is 5.26 Å². The average Bonchev–Trinajstić information content (AvgIpc) is 3.37. The average molecular weight is 533 g/mol. The van der Waals surface area contributed by atoms with Crippen molar-refractivity contribution >= 4 is 17.9 Å². The summed E-state index contributed by atoms with van der Waals surface area (Å²) in [5.74, 6) is -1.66. The highest BCUT2D eigenvalue weighted by Gasteiger charge is 2.55. The van der Waals surface area contributed by atoms with Gasteiger partial charge in [-0.25, -0.2) is 22.8 Å². The number of carbonyl (C=O) groups excluding carboxylic acids is 3. The third-order valence-corrected chi connectivity index (χ3v) is 7.39. The fourth-order valence-corrected chi connectivity index (χ4v) is 5.35. The molecule has 0 spiro atoms. The Morgan fingerprint density at radius 1 is 1.18 bits per heavy atom. The van der Waals surface area contributed by atoms with Gasteiger partial charge in [0.15, 0.2) is 11.6 Å². The van der Waals surface area contributed by atoms with E-state index in [1.165, 1.54) is 0 Å². The molecule has 2 heterocycles. The van der Waals surface area contributed by atoms with Gasteiger partial charge in [0.25, 0.3) is 0 Å². The van der Waals surface area contributed by atoms with Gasteiger partial charge in [-0.15, -0.1) is 0 Å². The Morgan fingerprint density at radius 2 is 1.87 bits per heavy atom. The van der Waals surface area contributed by atoms with Crippen molar-refractivity contribution in [3.05, 3.63) is 40.8 Å². The molecule has 3 aliphatic rings. The molecule has 0 bridgehead atoms. The normalized spacial score (nSPS) is 22.2. The van der Waals surface area contributed by atoms with Gasteiger partial charge in [0, 0.05) is 44.1 Å². The van der Waals surface area contributed by atoms with Crippen molar-refractivity contribution in [2.24, 2.45) is 11.3 Å². The molecule has 8 nitrogen and oxygen atoms in total. The zero-order valence-electron chi connectivity index (χ0n) is 21.7. The molecule has 1 aromatic rings. The van der Waals surface area contributed by atoms with E-state index in [9.17, 15) is 32.8 Å². The van der Waals surface area contributed by atoms with E-state index in [-0.39, 0.29) is 42.0 Å². The minimum absolute atomic E-state index is 0.0690. The first-order valence-electron chi connectivity index (χ1n) is 12.7. The van der Waals surface area contributed by atoms with E-state index in [0.717, 1.165) is 12.5 Å². The first-order valence-corrected chi connectivity index (χ1v) is 12.7. The van der Waals surface area contributed by atoms with Crippen LogP contribution in [-0.4, -0.2) is 65.1 Å². The van der Waals surface area contributed by atoms with Crippen LogP contribution in [0.5, 0.6) is 0 Å². The SMILES string of the molecule is CC(C)(C)OC(=O)N[C@@H](CC(=C=O)N1CC[C@H]2CN(C(=O)C3(C#N)CC3)C[C@H]21)Cc1cc(F)c(F)cc1F. The van der Waals surface area contributed by atoms with Crippen LogP contribution in [0.25, 0.3) is 0 Å². The van der Waals surface area contributed by atoms with Crippen LogP contribution in [0.2, 0.25) is 0 Å². The Kier molecular flexibility index (Phi) is 7.48. The second-order valence-electron chi connectivity index (χ2n) is 11.4. The molecule has 1 N–H and O–H groups in total. The molecule has 0 radical (unpaired) electrons. The van der Waals surface area contributed by atoms with Crippen molar-refractivity contribution < 1.29 is 32.3 Å². The highest BCUT2D eigenvalue weighted by Crippen LogP contribution is 2.48. The van der Waals surface area contributed by atoms with Crippen molar-refractivity contribution in [3.63, 3.8) is 0 Å². The Hall–Kier alpha value is -3.51. The van der Waals surface area contributed by atoms with E-state index in [2.05, 4.69) is 11.4 Å². The van der Waals surface area contributed by atoms with Crippen LogP contribution in [0, 0.1) is 40.1 Å². The van der Waals surface area contributed by atoms with Gasteiger partial charge < -0.3 is 19.9 Å². The lowest BCUT2D eigenvalue weighted by atomic mass is 10.00. The fourth-order valence-electron chi connectivity index (χ4n) is 5.35. The summed E-state index contributed by atoms with van der Waals surface area (Å²) in [4.78, 5) is 41.1. The molecule has 11 heteroatoms. The van der Waals surface area contributed by atoms with Gasteiger partial charge in [0.2, 0.25) is 5.91 Å². The van der Waals surface area contributed by atoms with Crippen molar-refractivity contribution in [2.45, 2.75) is 70.6 Å². The monoisotopic (exact) mass is 532 g/mol. The Morgan fingerprint density at radius 3 is 2.47 bits per heavy atom. The molecular weight excluding hydrogens is 501 g/mol. The van der Waals surface area contributed by atoms with Crippen LogP contribution in [0.1, 0.15) is 52.0 Å². The second-order valence-corrected chi connectivity index (χ2v) is 11.4. The van der Waals surface area contributed by atoms with E-state index in [4.69, 9.17) is 4.74 Å². The number of fused-ring (bicyclic) bond motifs is 1. The van der Waals surface area contributed by atoms with Gasteiger partial charge in [-0.3, -0.25) is 4.79 Å². The van der Waals surface area contributed by atoms with Gasteiger partial charge >= 0.3 is 6.09 Å². The van der Waals surface area contributed by atoms with Crippen LogP contribution >= 0.6 is 0 Å². The minimum atomic E-state index is -1.33. The van der Waals surface area contributed by atoms with Gasteiger partial charge in [0.05, 0.1) is 12.1 Å². The number of rotatable bonds is 7. The largest absolute Gasteiger partial charge is 0.444 e. The summed E-state index contributed by atoms with van der Waals surface area (Å²) >= 11 is 0. The third kappa shape index (κ3) is 5.81. The number of nitrogens with one attached hydrogen (secondary N) is 1. The summed E-state index contributed by atoms with van der Waals surface area (Å²) in [5, 5.41) is 12.0. The Balaban J connectivity index is 1.51. The van der Waals surface area contributed by atoms with Crippen LogP contribution < -0.4 is 5.32 Å². The van der Waals surface area contributed by atoms with Crippen LogP contribution in [-0.2, 0) is 20.7 Å². The highest BCUT2D eigenvalue weighted by atomic mass is 19.2. The van der Waals surface area contributed by atoms with Crippen LogP contribution in [0.4, 0.5) is 18.0 Å². The number of benzene rings is 1. The summed E-state index contributed by atoms with van der Waals surface area (Å²) < 4.78 is 47.1. The molecule has 4 rings (SSSR count). The molecule has 3 atom stereocenters. The lowest BCUT2D eigenvalue weighted by Gasteiger charge is -2.30. The highest BCUT2D eigenvalue weighted by molar-refractivity contribution is 5.88. The zero-order valence-corrected chi connectivity index (χ0v) is 21.7. The van der Waals surface area contributed by atoms with Crippen molar-refractivity contribution in [2.75, 3.05) is 19.6 Å². The second kappa shape index (κ2) is 10.3. The fraction of sp³-hybridized carbons (Fsp3) is 0.593. The van der Waals surface area contributed by atoms with Crippen molar-refractivity contribution in [1.29, 1.82) is 5.26 Å². The molecule has 1 aliphatic carbocycles. The first kappa shape index (κ1) is 27.5. The number of nitriles is 1. The van der Waals surface area contributed by atoms with Gasteiger partial charge in [0.1, 0.15) is 28.5 Å². The number of nitrogens with zero attached hydrogens (tertiary/aromatic N) is 3. The smallest absolute Gasteiger partial charge is 0.407 e. The number of likely N-dealkylation sites (tertiary alicyclic amines) is 2. The van der Waals surface area contributed by atoms with E-state index in [1.54, 1.807) is 25.7 Å². The number of hydrogen-bond donors (Lipinski definition) is 1. The molecule has 204 valence electrons. The molecule has 1 aromatic carbocycles. The molecular formula is C27H31F3N4O4. The lowest BCUT2D eigenvalue weighted by molar-refractivity contribution is -0.134. The molecule has 1 saturated carbocycles. The van der Waals surface area contributed by atoms with E-state index < -0.39 is 40.6 Å². The number of amides is 2. The zero-order chi connectivity index (χ0) is 27.8. The predicted molar refractivity (Wildman–Crippen MR) is 129 cm³/mol. The maximum absolute atomic E-state index is 14.4. The summed E-state index contributed by atoms with van der Waals surface area (Å²) in [6.07, 6.45) is 0.719. The third-order valence-electron chi connectivity index (χ3n) is 7.39. The summed E-state index contributed by atoms with van der Waals surface area (Å²) in [7, 11) is 0. The number of ether oxygens (including phenoxy) is 1. The molecule has 2 saturated heterocycles. The number of hydrogen-bond acceptors (Lipinski definition) is 6. The quantitative estimate of drug-likeness (QED) is 0.426. The van der Waals surface area contributed by atoms with E-state index >= 15 is 0 Å². The van der Waals surface area contributed by atoms with Crippen LogP contribution in [0.15, 0.2) is 17.8 Å². The summed E-state index contributed by atoms with van der Waals surface area (Å²) in [6.45, 7) is 6.40. The van der Waals surface area contributed by atoms with Gasteiger partial charge in [-0.1, -0.05) is 0 Å². The van der Waals surface area contributed by atoms with E-state index in [0.29, 0.717) is 38.5 Å². The molecule has 38 heavy (non-hydrogen) atoms. The van der Waals surface area contributed by atoms with Crippen molar-refractivity contribution in [3.8, 4) is 6.07 Å². The number of carbonyl (C=O) groups is 2. The summed E-state index contributed by atoms with van der Waals surface area (Å²) in [5.41, 5.74) is -1.70. The number of halogens is 3. The molecule has 3 fully saturated rings. The Labute approximate surface area is 219 Å². The lowest BCUT2D eigenvalue weighted by Crippen LogP contribution is -2.43. The maximum Gasteiger partial charge on any atom is 0.407 e. The number of alkyl carbamates (subject to hydrolysis) is 1.